The van der Waals surface area contributed by atoms with Crippen LogP contribution in [-0.2, 0) is 13.0 Å². The Hall–Kier alpha value is -0.410. The topological polar surface area (TPSA) is 16.1 Å². The van der Waals surface area contributed by atoms with Gasteiger partial charge in [0.1, 0.15) is 0 Å². The molecule has 0 N–H and O–H groups in total. The molecule has 0 atom stereocenters. The highest BCUT2D eigenvalue weighted by Gasteiger charge is 2.16. The fourth-order valence-corrected chi connectivity index (χ4v) is 3.09. The number of nitrogens with zero attached hydrogens (tertiary/aromatic N) is 2. The maximum Gasteiger partial charge on any atom is 0.0928 e. The molecular weight excluding hydrogens is 216 g/mol. The lowest BCUT2D eigenvalue weighted by atomic mass is 9.99. The molecule has 0 amide bonds. The molecule has 0 saturated carbocycles. The molecule has 0 aliphatic carbocycles. The minimum atomic E-state index is 0.919. The molecule has 1 aliphatic rings. The lowest BCUT2D eigenvalue weighted by Crippen LogP contribution is -2.32. The molecule has 2 rings (SSSR count). The van der Waals surface area contributed by atoms with Crippen molar-refractivity contribution in [2.75, 3.05) is 13.1 Å². The van der Waals surface area contributed by atoms with Crippen LogP contribution in [0.4, 0.5) is 0 Å². The van der Waals surface area contributed by atoms with Gasteiger partial charge in [0.15, 0.2) is 0 Å². The van der Waals surface area contributed by atoms with Crippen LogP contribution in [0.15, 0.2) is 5.38 Å². The first-order chi connectivity index (χ1) is 7.78. The minimum Gasteiger partial charge on any atom is -0.297 e. The van der Waals surface area contributed by atoms with Gasteiger partial charge in [-0.2, -0.15) is 0 Å². The SMILES string of the molecule is CCCc1nc(CN2CCC(C)CC2)cs1. The van der Waals surface area contributed by atoms with Gasteiger partial charge in [-0.05, 0) is 44.7 Å². The van der Waals surface area contributed by atoms with Crippen molar-refractivity contribution in [3.05, 3.63) is 16.1 Å². The Kier molecular flexibility index (Phi) is 4.36. The Bertz CT molecular complexity index is 313. The molecule has 0 aromatic carbocycles. The van der Waals surface area contributed by atoms with Crippen LogP contribution in [0.2, 0.25) is 0 Å². The van der Waals surface area contributed by atoms with E-state index < -0.39 is 0 Å². The lowest BCUT2D eigenvalue weighted by molar-refractivity contribution is 0.183. The van der Waals surface area contributed by atoms with Crippen LogP contribution in [-0.4, -0.2) is 23.0 Å². The normalized spacial score (nSPS) is 19.1. The van der Waals surface area contributed by atoms with Gasteiger partial charge in [0, 0.05) is 11.9 Å². The third-order valence-corrected chi connectivity index (χ3v) is 4.28. The van der Waals surface area contributed by atoms with Crippen LogP contribution in [0.5, 0.6) is 0 Å². The average Bonchev–Trinajstić information content (AvgIpc) is 2.70. The molecule has 0 radical (unpaired) electrons. The Balaban J connectivity index is 1.83. The fourth-order valence-electron chi connectivity index (χ4n) is 2.20. The first-order valence-corrected chi connectivity index (χ1v) is 7.31. The van der Waals surface area contributed by atoms with Crippen molar-refractivity contribution in [1.82, 2.24) is 9.88 Å². The van der Waals surface area contributed by atoms with Crippen molar-refractivity contribution in [3.8, 4) is 0 Å². The highest BCUT2D eigenvalue weighted by molar-refractivity contribution is 7.09. The summed E-state index contributed by atoms with van der Waals surface area (Å²) < 4.78 is 0. The smallest absolute Gasteiger partial charge is 0.0928 e. The standard InChI is InChI=1S/C13H22N2S/c1-3-4-13-14-12(10-16-13)9-15-7-5-11(2)6-8-15/h10-11H,3-9H2,1-2H3. The molecule has 2 nitrogen and oxygen atoms in total. The number of thiazole rings is 1. The van der Waals surface area contributed by atoms with Gasteiger partial charge in [-0.15, -0.1) is 11.3 Å². The second kappa shape index (κ2) is 5.78. The quantitative estimate of drug-likeness (QED) is 0.800. The molecule has 16 heavy (non-hydrogen) atoms. The Morgan fingerprint density at radius 3 is 2.88 bits per heavy atom. The van der Waals surface area contributed by atoms with Crippen molar-refractivity contribution in [2.45, 2.75) is 46.1 Å². The Morgan fingerprint density at radius 2 is 2.19 bits per heavy atom. The molecule has 1 saturated heterocycles. The van der Waals surface area contributed by atoms with E-state index in [9.17, 15) is 0 Å². The van der Waals surface area contributed by atoms with Gasteiger partial charge >= 0.3 is 0 Å². The minimum absolute atomic E-state index is 0.919. The average molecular weight is 238 g/mol. The van der Waals surface area contributed by atoms with Crippen molar-refractivity contribution in [1.29, 1.82) is 0 Å². The zero-order valence-electron chi connectivity index (χ0n) is 10.4. The van der Waals surface area contributed by atoms with Gasteiger partial charge < -0.3 is 0 Å². The number of aryl methyl sites for hydroxylation is 1. The number of rotatable bonds is 4. The van der Waals surface area contributed by atoms with Crippen molar-refractivity contribution in [2.24, 2.45) is 5.92 Å². The molecule has 0 spiro atoms. The van der Waals surface area contributed by atoms with Crippen molar-refractivity contribution >= 4 is 11.3 Å². The molecular formula is C13H22N2S. The summed E-state index contributed by atoms with van der Waals surface area (Å²) in [5, 5.41) is 3.55. The Morgan fingerprint density at radius 1 is 1.44 bits per heavy atom. The summed E-state index contributed by atoms with van der Waals surface area (Å²) >= 11 is 1.83. The van der Waals surface area contributed by atoms with E-state index in [1.807, 2.05) is 11.3 Å². The van der Waals surface area contributed by atoms with E-state index in [2.05, 4.69) is 29.1 Å². The van der Waals surface area contributed by atoms with Crippen LogP contribution in [0, 0.1) is 5.92 Å². The number of hydrogen-bond donors (Lipinski definition) is 0. The van der Waals surface area contributed by atoms with Gasteiger partial charge in [0.2, 0.25) is 0 Å². The molecule has 90 valence electrons. The summed E-state index contributed by atoms with van der Waals surface area (Å²) in [6, 6.07) is 0. The number of likely N-dealkylation sites (tertiary alicyclic amines) is 1. The van der Waals surface area contributed by atoms with Gasteiger partial charge in [0.05, 0.1) is 10.7 Å². The van der Waals surface area contributed by atoms with E-state index >= 15 is 0 Å². The molecule has 0 unspecified atom stereocenters. The third kappa shape index (κ3) is 3.29. The largest absolute Gasteiger partial charge is 0.297 e. The van der Waals surface area contributed by atoms with E-state index in [0.29, 0.717) is 0 Å². The summed E-state index contributed by atoms with van der Waals surface area (Å²) in [4.78, 5) is 7.24. The van der Waals surface area contributed by atoms with Gasteiger partial charge in [0.25, 0.3) is 0 Å². The molecule has 1 aromatic rings. The second-order valence-electron chi connectivity index (χ2n) is 4.94. The highest BCUT2D eigenvalue weighted by Crippen LogP contribution is 2.19. The molecule has 0 bridgehead atoms. The van der Waals surface area contributed by atoms with Crippen LogP contribution < -0.4 is 0 Å². The molecule has 1 aromatic heterocycles. The van der Waals surface area contributed by atoms with E-state index in [4.69, 9.17) is 0 Å². The lowest BCUT2D eigenvalue weighted by Gasteiger charge is -2.29. The number of aromatic nitrogens is 1. The second-order valence-corrected chi connectivity index (χ2v) is 5.88. The molecule has 3 heteroatoms. The summed E-state index contributed by atoms with van der Waals surface area (Å²) in [7, 11) is 0. The molecule has 1 fully saturated rings. The van der Waals surface area contributed by atoms with E-state index in [0.717, 1.165) is 18.9 Å². The first-order valence-electron chi connectivity index (χ1n) is 6.43. The highest BCUT2D eigenvalue weighted by atomic mass is 32.1. The predicted octanol–water partition coefficient (Wildman–Crippen LogP) is 3.33. The van der Waals surface area contributed by atoms with Crippen LogP contribution in [0.25, 0.3) is 0 Å². The zero-order valence-corrected chi connectivity index (χ0v) is 11.2. The number of hydrogen-bond acceptors (Lipinski definition) is 3. The van der Waals surface area contributed by atoms with Gasteiger partial charge in [-0.25, -0.2) is 4.98 Å². The number of piperidine rings is 1. The summed E-state index contributed by atoms with van der Waals surface area (Å²) in [5.74, 6) is 0.919. The van der Waals surface area contributed by atoms with E-state index in [1.54, 1.807) is 0 Å². The van der Waals surface area contributed by atoms with Gasteiger partial charge in [-0.1, -0.05) is 13.8 Å². The summed E-state index contributed by atoms with van der Waals surface area (Å²) in [5.41, 5.74) is 1.28. The molecule has 2 heterocycles. The third-order valence-electron chi connectivity index (χ3n) is 3.33. The van der Waals surface area contributed by atoms with E-state index in [1.165, 1.54) is 43.1 Å². The maximum atomic E-state index is 4.69. The first kappa shape index (κ1) is 12.1. The monoisotopic (exact) mass is 238 g/mol. The molecule has 1 aliphatic heterocycles. The van der Waals surface area contributed by atoms with Crippen LogP contribution in [0.1, 0.15) is 43.8 Å². The van der Waals surface area contributed by atoms with Crippen molar-refractivity contribution in [3.63, 3.8) is 0 Å². The van der Waals surface area contributed by atoms with Crippen LogP contribution in [0.3, 0.4) is 0 Å². The summed E-state index contributed by atoms with van der Waals surface area (Å²) in [6.45, 7) is 8.14. The maximum absolute atomic E-state index is 4.69. The summed E-state index contributed by atoms with van der Waals surface area (Å²) in [6.07, 6.45) is 5.05. The van der Waals surface area contributed by atoms with Crippen molar-refractivity contribution < 1.29 is 0 Å². The Labute approximate surface area is 103 Å². The van der Waals surface area contributed by atoms with Crippen LogP contribution >= 0.6 is 11.3 Å². The van der Waals surface area contributed by atoms with Gasteiger partial charge in [-0.3, -0.25) is 4.90 Å². The predicted molar refractivity (Wildman–Crippen MR) is 69.8 cm³/mol. The fraction of sp³-hybridized carbons (Fsp3) is 0.769. The zero-order chi connectivity index (χ0) is 11.4. The van der Waals surface area contributed by atoms with E-state index in [-0.39, 0.29) is 0 Å².